The molecule has 2 aliphatic rings. The number of nitrogens with zero attached hydrogens (tertiary/aromatic N) is 2. The maximum atomic E-state index is 13.9. The molecule has 0 radical (unpaired) electrons. The van der Waals surface area contributed by atoms with Crippen LogP contribution >= 0.6 is 0 Å². The van der Waals surface area contributed by atoms with E-state index >= 15 is 0 Å². The van der Waals surface area contributed by atoms with Gasteiger partial charge in [-0.25, -0.2) is 0 Å². The smallest absolute Gasteiger partial charge is 0.250 e. The van der Waals surface area contributed by atoms with Crippen LogP contribution in [-0.4, -0.2) is 55.0 Å². The standard InChI is InChI=1S/C27H34N2O4/c1-32-23-15-14-21(18-24(23)33-2)26-27(31)29(22-12-8-3-4-9-13-22)19-25(30)28(26)17-16-20-10-6-5-7-11-20/h5-7,10-11,14-15,18,22,26H,3-4,8-9,12-13,16-17,19H2,1-2H3/t26-/m0/s1. The number of ether oxygens (including phenoxy) is 2. The van der Waals surface area contributed by atoms with Gasteiger partial charge in [0.1, 0.15) is 12.6 Å². The summed E-state index contributed by atoms with van der Waals surface area (Å²) in [5, 5.41) is 0. The van der Waals surface area contributed by atoms with Crippen LogP contribution in [0.1, 0.15) is 55.7 Å². The van der Waals surface area contributed by atoms with Crippen molar-refractivity contribution in [1.82, 2.24) is 9.80 Å². The molecule has 1 atom stereocenters. The van der Waals surface area contributed by atoms with Crippen molar-refractivity contribution >= 4 is 11.8 Å². The Morgan fingerprint density at radius 3 is 2.24 bits per heavy atom. The van der Waals surface area contributed by atoms with E-state index in [2.05, 4.69) is 12.1 Å². The molecular formula is C27H34N2O4. The van der Waals surface area contributed by atoms with E-state index in [4.69, 9.17) is 9.47 Å². The molecule has 0 bridgehead atoms. The molecule has 176 valence electrons. The first-order chi connectivity index (χ1) is 16.1. The number of rotatable bonds is 7. The fourth-order valence-corrected chi connectivity index (χ4v) is 5.12. The lowest BCUT2D eigenvalue weighted by Crippen LogP contribution is -2.58. The largest absolute Gasteiger partial charge is 0.493 e. The van der Waals surface area contributed by atoms with Crippen molar-refractivity contribution in [2.45, 2.75) is 57.0 Å². The third kappa shape index (κ3) is 5.15. The molecule has 2 amide bonds. The van der Waals surface area contributed by atoms with Gasteiger partial charge < -0.3 is 19.3 Å². The molecule has 4 rings (SSSR count). The lowest BCUT2D eigenvalue weighted by atomic mass is 9.96. The van der Waals surface area contributed by atoms with Gasteiger partial charge in [0.15, 0.2) is 11.5 Å². The molecule has 2 aromatic carbocycles. The minimum Gasteiger partial charge on any atom is -0.493 e. The van der Waals surface area contributed by atoms with E-state index in [0.29, 0.717) is 24.5 Å². The zero-order valence-corrected chi connectivity index (χ0v) is 19.7. The Hall–Kier alpha value is -3.02. The van der Waals surface area contributed by atoms with Gasteiger partial charge in [-0.2, -0.15) is 0 Å². The Bertz CT molecular complexity index is 954. The van der Waals surface area contributed by atoms with Crippen molar-refractivity contribution in [3.8, 4) is 11.5 Å². The first-order valence-corrected chi connectivity index (χ1v) is 12.0. The summed E-state index contributed by atoms with van der Waals surface area (Å²) in [5.41, 5.74) is 1.91. The Kier molecular flexibility index (Phi) is 7.53. The zero-order valence-electron chi connectivity index (χ0n) is 19.7. The van der Waals surface area contributed by atoms with Crippen LogP contribution in [0.25, 0.3) is 0 Å². The molecule has 2 aromatic rings. The number of methoxy groups -OCH3 is 2. The lowest BCUT2D eigenvalue weighted by Gasteiger charge is -2.43. The molecule has 1 aliphatic heterocycles. The molecule has 6 nitrogen and oxygen atoms in total. The quantitative estimate of drug-likeness (QED) is 0.588. The van der Waals surface area contributed by atoms with Gasteiger partial charge in [0.2, 0.25) is 5.91 Å². The number of hydrogen-bond donors (Lipinski definition) is 0. The van der Waals surface area contributed by atoms with E-state index < -0.39 is 6.04 Å². The highest BCUT2D eigenvalue weighted by molar-refractivity contribution is 5.96. The van der Waals surface area contributed by atoms with Crippen molar-refractivity contribution < 1.29 is 19.1 Å². The van der Waals surface area contributed by atoms with Crippen molar-refractivity contribution in [2.24, 2.45) is 0 Å². The van der Waals surface area contributed by atoms with Crippen molar-refractivity contribution in [2.75, 3.05) is 27.3 Å². The van der Waals surface area contributed by atoms with Crippen LogP contribution in [-0.2, 0) is 16.0 Å². The van der Waals surface area contributed by atoms with Gasteiger partial charge >= 0.3 is 0 Å². The molecule has 0 spiro atoms. The van der Waals surface area contributed by atoms with Crippen molar-refractivity contribution in [1.29, 1.82) is 0 Å². The number of carbonyl (C=O) groups excluding carboxylic acids is 2. The summed E-state index contributed by atoms with van der Waals surface area (Å²) in [6, 6.07) is 15.1. The fourth-order valence-electron chi connectivity index (χ4n) is 5.12. The third-order valence-electron chi connectivity index (χ3n) is 6.93. The van der Waals surface area contributed by atoms with Gasteiger partial charge in [0, 0.05) is 12.6 Å². The van der Waals surface area contributed by atoms with E-state index in [9.17, 15) is 9.59 Å². The highest BCUT2D eigenvalue weighted by atomic mass is 16.5. The predicted octanol–water partition coefficient (Wildman–Crippen LogP) is 4.38. The monoisotopic (exact) mass is 450 g/mol. The fraction of sp³-hybridized carbons (Fsp3) is 0.481. The van der Waals surface area contributed by atoms with Crippen LogP contribution in [0.2, 0.25) is 0 Å². The van der Waals surface area contributed by atoms with Gasteiger partial charge in [0.25, 0.3) is 5.91 Å². The molecule has 1 aliphatic carbocycles. The SMILES string of the molecule is COc1ccc([C@H]2C(=O)N(C3CCCCCC3)CC(=O)N2CCc2ccccc2)cc1OC. The molecule has 33 heavy (non-hydrogen) atoms. The molecule has 2 fully saturated rings. The Morgan fingerprint density at radius 2 is 1.58 bits per heavy atom. The van der Waals surface area contributed by atoms with Crippen LogP contribution in [0.4, 0.5) is 0 Å². The minimum absolute atomic E-state index is 0.00885. The average molecular weight is 451 g/mol. The van der Waals surface area contributed by atoms with E-state index in [1.807, 2.05) is 41.3 Å². The van der Waals surface area contributed by atoms with Crippen LogP contribution in [0.15, 0.2) is 48.5 Å². The summed E-state index contributed by atoms with van der Waals surface area (Å²) < 4.78 is 10.9. The third-order valence-corrected chi connectivity index (χ3v) is 6.93. The van der Waals surface area contributed by atoms with Gasteiger partial charge in [-0.1, -0.05) is 62.1 Å². The molecule has 1 saturated heterocycles. The molecule has 0 N–H and O–H groups in total. The molecule has 1 saturated carbocycles. The number of piperazine rings is 1. The summed E-state index contributed by atoms with van der Waals surface area (Å²) >= 11 is 0. The van der Waals surface area contributed by atoms with E-state index in [0.717, 1.165) is 36.8 Å². The highest BCUT2D eigenvalue weighted by Crippen LogP contribution is 2.36. The summed E-state index contributed by atoms with van der Waals surface area (Å²) in [5.74, 6) is 1.19. The topological polar surface area (TPSA) is 59.1 Å². The predicted molar refractivity (Wildman–Crippen MR) is 127 cm³/mol. The summed E-state index contributed by atoms with van der Waals surface area (Å²) in [7, 11) is 3.17. The normalized spacial score (nSPS) is 20.0. The van der Waals surface area contributed by atoms with Crippen molar-refractivity contribution in [3.63, 3.8) is 0 Å². The van der Waals surface area contributed by atoms with Gasteiger partial charge in [-0.05, 0) is 42.5 Å². The number of amides is 2. The molecule has 6 heteroatoms. The number of carbonyl (C=O) groups is 2. The van der Waals surface area contributed by atoms with E-state index in [1.165, 1.54) is 12.8 Å². The van der Waals surface area contributed by atoms with E-state index in [-0.39, 0.29) is 24.4 Å². The van der Waals surface area contributed by atoms with Gasteiger partial charge in [0.05, 0.1) is 14.2 Å². The number of hydrogen-bond acceptors (Lipinski definition) is 4. The second-order valence-electron chi connectivity index (χ2n) is 8.95. The number of benzene rings is 2. The maximum Gasteiger partial charge on any atom is 0.250 e. The summed E-state index contributed by atoms with van der Waals surface area (Å²) in [6.45, 7) is 0.661. The minimum atomic E-state index is -0.655. The van der Waals surface area contributed by atoms with Crippen LogP contribution in [0, 0.1) is 0 Å². The van der Waals surface area contributed by atoms with Gasteiger partial charge in [-0.15, -0.1) is 0 Å². The Labute approximate surface area is 196 Å². The molecule has 0 unspecified atom stereocenters. The average Bonchev–Trinajstić information content (AvgIpc) is 3.14. The van der Waals surface area contributed by atoms with Gasteiger partial charge in [-0.3, -0.25) is 9.59 Å². The highest BCUT2D eigenvalue weighted by Gasteiger charge is 2.42. The van der Waals surface area contributed by atoms with E-state index in [1.54, 1.807) is 19.1 Å². The van der Waals surface area contributed by atoms with Crippen LogP contribution in [0.3, 0.4) is 0 Å². The van der Waals surface area contributed by atoms with Crippen LogP contribution < -0.4 is 9.47 Å². The Balaban J connectivity index is 1.66. The molecular weight excluding hydrogens is 416 g/mol. The second kappa shape index (κ2) is 10.7. The van der Waals surface area contributed by atoms with Crippen LogP contribution in [0.5, 0.6) is 11.5 Å². The zero-order chi connectivity index (χ0) is 23.2. The van der Waals surface area contributed by atoms with Crippen molar-refractivity contribution in [3.05, 3.63) is 59.7 Å². The Morgan fingerprint density at radius 1 is 0.879 bits per heavy atom. The maximum absolute atomic E-state index is 13.9. The molecule has 1 heterocycles. The first-order valence-electron chi connectivity index (χ1n) is 12.0. The first kappa shape index (κ1) is 23.1. The second-order valence-corrected chi connectivity index (χ2v) is 8.95. The lowest BCUT2D eigenvalue weighted by molar-refractivity contribution is -0.158. The molecule has 0 aromatic heterocycles. The summed E-state index contributed by atoms with van der Waals surface area (Å²) in [6.07, 6.45) is 7.28. The summed E-state index contributed by atoms with van der Waals surface area (Å²) in [4.78, 5) is 31.0.